The lowest BCUT2D eigenvalue weighted by Gasteiger charge is -2.31. The van der Waals surface area contributed by atoms with Gasteiger partial charge in [0.25, 0.3) is 0 Å². The third-order valence-corrected chi connectivity index (χ3v) is 3.86. The maximum Gasteiger partial charge on any atom is 0.225 e. The van der Waals surface area contributed by atoms with Crippen molar-refractivity contribution in [2.24, 2.45) is 5.92 Å². The zero-order valence-corrected chi connectivity index (χ0v) is 12.6. The third kappa shape index (κ3) is 4.63. The fourth-order valence-electron chi connectivity index (χ4n) is 2.60. The van der Waals surface area contributed by atoms with Gasteiger partial charge in [0.1, 0.15) is 5.75 Å². The van der Waals surface area contributed by atoms with Crippen LogP contribution in [0.15, 0.2) is 24.3 Å². The highest BCUT2D eigenvalue weighted by Crippen LogP contribution is 2.20. The molecule has 2 N–H and O–H groups in total. The molecule has 2 rings (SSSR count). The van der Waals surface area contributed by atoms with Crippen molar-refractivity contribution in [1.82, 2.24) is 4.90 Å². The van der Waals surface area contributed by atoms with Gasteiger partial charge in [-0.15, -0.1) is 0 Å². The van der Waals surface area contributed by atoms with Gasteiger partial charge in [-0.1, -0.05) is 12.1 Å². The minimum atomic E-state index is 0.153. The van der Waals surface area contributed by atoms with E-state index in [1.807, 2.05) is 23.1 Å². The molecule has 0 radical (unpaired) electrons. The van der Waals surface area contributed by atoms with Gasteiger partial charge in [-0.3, -0.25) is 4.79 Å². The van der Waals surface area contributed by atoms with Gasteiger partial charge in [-0.05, 0) is 30.9 Å². The molecule has 5 heteroatoms. The molecule has 1 heterocycles. The SMILES string of the molecule is COCC1CCN(C(=O)CCOc2ccccc2N)CC1. The minimum Gasteiger partial charge on any atom is -0.491 e. The summed E-state index contributed by atoms with van der Waals surface area (Å²) in [5.74, 6) is 1.38. The van der Waals surface area contributed by atoms with E-state index in [9.17, 15) is 4.79 Å². The number of carbonyl (C=O) groups is 1. The Kier molecular flexibility index (Phi) is 5.87. The molecule has 0 atom stereocenters. The highest BCUT2D eigenvalue weighted by molar-refractivity contribution is 5.76. The van der Waals surface area contributed by atoms with Crippen LogP contribution < -0.4 is 10.5 Å². The maximum atomic E-state index is 12.1. The number of rotatable bonds is 6. The number of piperidine rings is 1. The van der Waals surface area contributed by atoms with Gasteiger partial charge >= 0.3 is 0 Å². The van der Waals surface area contributed by atoms with Crippen molar-refractivity contribution >= 4 is 11.6 Å². The van der Waals surface area contributed by atoms with Crippen molar-refractivity contribution in [1.29, 1.82) is 0 Å². The standard InChI is InChI=1S/C16H24N2O3/c1-20-12-13-6-9-18(10-7-13)16(19)8-11-21-15-5-3-2-4-14(15)17/h2-5,13H,6-12,17H2,1H3. The predicted octanol–water partition coefficient (Wildman–Crippen LogP) is 1.92. The number of likely N-dealkylation sites (tertiary alicyclic amines) is 1. The van der Waals surface area contributed by atoms with E-state index in [-0.39, 0.29) is 5.91 Å². The van der Waals surface area contributed by atoms with E-state index in [0.717, 1.165) is 32.5 Å². The summed E-state index contributed by atoms with van der Waals surface area (Å²) in [6.45, 7) is 2.80. The Morgan fingerprint density at radius 1 is 1.33 bits per heavy atom. The van der Waals surface area contributed by atoms with Gasteiger partial charge in [0.05, 0.1) is 18.7 Å². The van der Waals surface area contributed by atoms with E-state index in [0.29, 0.717) is 30.4 Å². The zero-order valence-electron chi connectivity index (χ0n) is 12.6. The Balaban J connectivity index is 1.70. The molecule has 116 valence electrons. The number of para-hydroxylation sites is 2. The Labute approximate surface area is 126 Å². The van der Waals surface area contributed by atoms with Gasteiger partial charge in [0.2, 0.25) is 5.91 Å². The van der Waals surface area contributed by atoms with E-state index < -0.39 is 0 Å². The Morgan fingerprint density at radius 3 is 2.71 bits per heavy atom. The number of benzene rings is 1. The Morgan fingerprint density at radius 2 is 2.05 bits per heavy atom. The van der Waals surface area contributed by atoms with E-state index >= 15 is 0 Å². The normalized spacial score (nSPS) is 16.0. The highest BCUT2D eigenvalue weighted by atomic mass is 16.5. The van der Waals surface area contributed by atoms with Crippen LogP contribution in [0.25, 0.3) is 0 Å². The van der Waals surface area contributed by atoms with Gasteiger partial charge in [0, 0.05) is 26.8 Å². The van der Waals surface area contributed by atoms with Crippen LogP contribution in [0.3, 0.4) is 0 Å². The number of methoxy groups -OCH3 is 1. The summed E-state index contributed by atoms with van der Waals surface area (Å²) in [6, 6.07) is 7.33. The number of amides is 1. The average molecular weight is 292 g/mol. The van der Waals surface area contributed by atoms with Crippen LogP contribution in [-0.4, -0.2) is 44.2 Å². The molecule has 0 aliphatic carbocycles. The molecule has 0 bridgehead atoms. The van der Waals surface area contributed by atoms with Crippen LogP contribution in [0.2, 0.25) is 0 Å². The molecule has 1 fully saturated rings. The molecule has 1 aliphatic rings. The summed E-state index contributed by atoms with van der Waals surface area (Å²) >= 11 is 0. The maximum absolute atomic E-state index is 12.1. The summed E-state index contributed by atoms with van der Waals surface area (Å²) in [5, 5.41) is 0. The first-order valence-corrected chi connectivity index (χ1v) is 7.44. The fraction of sp³-hybridized carbons (Fsp3) is 0.562. The van der Waals surface area contributed by atoms with Crippen molar-refractivity contribution in [3.8, 4) is 5.75 Å². The van der Waals surface area contributed by atoms with Gasteiger partial charge in [-0.25, -0.2) is 0 Å². The molecule has 1 aromatic carbocycles. The van der Waals surface area contributed by atoms with Crippen LogP contribution in [-0.2, 0) is 9.53 Å². The smallest absolute Gasteiger partial charge is 0.225 e. The lowest BCUT2D eigenvalue weighted by molar-refractivity contribution is -0.133. The highest BCUT2D eigenvalue weighted by Gasteiger charge is 2.22. The predicted molar refractivity (Wildman–Crippen MR) is 82.1 cm³/mol. The lowest BCUT2D eigenvalue weighted by Crippen LogP contribution is -2.39. The molecule has 1 amide bonds. The van der Waals surface area contributed by atoms with Crippen LogP contribution in [0.4, 0.5) is 5.69 Å². The van der Waals surface area contributed by atoms with E-state index in [1.165, 1.54) is 0 Å². The van der Waals surface area contributed by atoms with Crippen LogP contribution in [0.5, 0.6) is 5.75 Å². The van der Waals surface area contributed by atoms with Crippen LogP contribution in [0.1, 0.15) is 19.3 Å². The summed E-state index contributed by atoms with van der Waals surface area (Å²) in [5.41, 5.74) is 6.39. The summed E-state index contributed by atoms with van der Waals surface area (Å²) < 4.78 is 10.7. The summed E-state index contributed by atoms with van der Waals surface area (Å²) in [7, 11) is 1.73. The average Bonchev–Trinajstić information content (AvgIpc) is 2.50. The Hall–Kier alpha value is -1.75. The molecular weight excluding hydrogens is 268 g/mol. The molecule has 1 aliphatic heterocycles. The molecule has 1 saturated heterocycles. The number of hydrogen-bond acceptors (Lipinski definition) is 4. The van der Waals surface area contributed by atoms with Gasteiger partial charge in [0.15, 0.2) is 0 Å². The van der Waals surface area contributed by atoms with Gasteiger partial charge < -0.3 is 20.1 Å². The Bertz CT molecular complexity index is 457. The number of nitrogens with zero attached hydrogens (tertiary/aromatic N) is 1. The number of anilines is 1. The molecule has 0 aromatic heterocycles. The molecule has 0 spiro atoms. The second-order valence-electron chi connectivity index (χ2n) is 5.42. The quantitative estimate of drug-likeness (QED) is 0.814. The van der Waals surface area contributed by atoms with E-state index in [1.54, 1.807) is 13.2 Å². The molecule has 5 nitrogen and oxygen atoms in total. The van der Waals surface area contributed by atoms with Crippen molar-refractivity contribution in [2.75, 3.05) is 39.1 Å². The lowest BCUT2D eigenvalue weighted by atomic mass is 9.97. The molecule has 0 saturated carbocycles. The summed E-state index contributed by atoms with van der Waals surface area (Å²) in [4.78, 5) is 14.0. The second kappa shape index (κ2) is 7.88. The van der Waals surface area contributed by atoms with Crippen LogP contribution >= 0.6 is 0 Å². The topological polar surface area (TPSA) is 64.8 Å². The fourth-order valence-corrected chi connectivity index (χ4v) is 2.60. The number of nitrogens with two attached hydrogens (primary N) is 1. The molecule has 21 heavy (non-hydrogen) atoms. The first-order valence-electron chi connectivity index (χ1n) is 7.44. The van der Waals surface area contributed by atoms with Crippen molar-refractivity contribution in [2.45, 2.75) is 19.3 Å². The first-order chi connectivity index (χ1) is 10.2. The van der Waals surface area contributed by atoms with Gasteiger partial charge in [-0.2, -0.15) is 0 Å². The van der Waals surface area contributed by atoms with Crippen molar-refractivity contribution in [3.63, 3.8) is 0 Å². The molecule has 1 aromatic rings. The molecular formula is C16H24N2O3. The van der Waals surface area contributed by atoms with Crippen molar-refractivity contribution < 1.29 is 14.3 Å². The van der Waals surface area contributed by atoms with Crippen molar-refractivity contribution in [3.05, 3.63) is 24.3 Å². The second-order valence-corrected chi connectivity index (χ2v) is 5.42. The first kappa shape index (κ1) is 15.6. The number of nitrogen functional groups attached to an aromatic ring is 1. The number of ether oxygens (including phenoxy) is 2. The van der Waals surface area contributed by atoms with E-state index in [4.69, 9.17) is 15.2 Å². The largest absolute Gasteiger partial charge is 0.491 e. The number of carbonyl (C=O) groups excluding carboxylic acids is 1. The molecule has 0 unspecified atom stereocenters. The van der Waals surface area contributed by atoms with Crippen LogP contribution in [0, 0.1) is 5.92 Å². The number of hydrogen-bond donors (Lipinski definition) is 1. The van der Waals surface area contributed by atoms with E-state index in [2.05, 4.69) is 0 Å². The monoisotopic (exact) mass is 292 g/mol. The summed E-state index contributed by atoms with van der Waals surface area (Å²) in [6.07, 6.45) is 2.43. The zero-order chi connectivity index (χ0) is 15.1. The minimum absolute atomic E-state index is 0.153. The third-order valence-electron chi connectivity index (χ3n) is 3.86.